The number of nitrogens with zero attached hydrogens (tertiary/aromatic N) is 2. The van der Waals surface area contributed by atoms with Gasteiger partial charge < -0.3 is 9.26 Å². The summed E-state index contributed by atoms with van der Waals surface area (Å²) in [5.74, 6) is 0.121. The highest BCUT2D eigenvalue weighted by molar-refractivity contribution is 6.32. The molecule has 0 saturated carbocycles. The van der Waals surface area contributed by atoms with E-state index in [-0.39, 0.29) is 17.5 Å². The highest BCUT2D eigenvalue weighted by Crippen LogP contribution is 2.25. The average Bonchev–Trinajstić information content (AvgIpc) is 3.09. The lowest BCUT2D eigenvalue weighted by atomic mass is 10.1. The Labute approximate surface area is 154 Å². The van der Waals surface area contributed by atoms with Gasteiger partial charge in [-0.3, -0.25) is 10.1 Å². The van der Waals surface area contributed by atoms with Crippen LogP contribution in [0, 0.1) is 18.3 Å². The molecule has 0 aliphatic carbocycles. The first-order valence-electron chi connectivity index (χ1n) is 7.71. The van der Waals surface area contributed by atoms with Crippen molar-refractivity contribution in [2.75, 3.05) is 11.9 Å². The standard InChI is InChI=1S/C19H14ClN3O3/c1-12-2-5-14(6-3-12)16-9-19(26-23-16)22-18(24)11-25-17-7-4-13(10-21)8-15(17)20/h2-9H,11H2,1H3,(H,22,24). The third kappa shape index (κ3) is 4.21. The first-order valence-corrected chi connectivity index (χ1v) is 8.09. The zero-order valence-corrected chi connectivity index (χ0v) is 14.6. The van der Waals surface area contributed by atoms with Gasteiger partial charge in [-0.25, -0.2) is 0 Å². The normalized spacial score (nSPS) is 10.2. The van der Waals surface area contributed by atoms with E-state index in [1.165, 1.54) is 12.1 Å². The van der Waals surface area contributed by atoms with Crippen molar-refractivity contribution in [2.45, 2.75) is 6.92 Å². The maximum absolute atomic E-state index is 12.0. The van der Waals surface area contributed by atoms with Crippen LogP contribution in [-0.4, -0.2) is 17.7 Å². The number of aryl methyl sites for hydroxylation is 1. The number of hydrogen-bond acceptors (Lipinski definition) is 5. The number of ether oxygens (including phenoxy) is 1. The smallest absolute Gasteiger partial charge is 0.264 e. The molecule has 0 atom stereocenters. The van der Waals surface area contributed by atoms with E-state index >= 15 is 0 Å². The zero-order valence-electron chi connectivity index (χ0n) is 13.8. The van der Waals surface area contributed by atoms with Crippen LogP contribution in [0.2, 0.25) is 5.02 Å². The van der Waals surface area contributed by atoms with Crippen LogP contribution in [0.15, 0.2) is 53.1 Å². The Balaban J connectivity index is 1.59. The van der Waals surface area contributed by atoms with Crippen molar-refractivity contribution < 1.29 is 14.1 Å². The molecule has 1 heterocycles. The summed E-state index contributed by atoms with van der Waals surface area (Å²) < 4.78 is 10.5. The van der Waals surface area contributed by atoms with Gasteiger partial charge in [0.05, 0.1) is 16.7 Å². The molecule has 0 aliphatic rings. The minimum Gasteiger partial charge on any atom is -0.482 e. The molecule has 3 rings (SSSR count). The molecule has 6 nitrogen and oxygen atoms in total. The highest BCUT2D eigenvalue weighted by Gasteiger charge is 2.11. The maximum Gasteiger partial charge on any atom is 0.264 e. The molecule has 1 amide bonds. The summed E-state index contributed by atoms with van der Waals surface area (Å²) in [5.41, 5.74) is 3.07. The van der Waals surface area contributed by atoms with Gasteiger partial charge in [0.2, 0.25) is 5.88 Å². The molecule has 0 saturated heterocycles. The number of aromatic nitrogens is 1. The van der Waals surface area contributed by atoms with E-state index in [0.29, 0.717) is 17.0 Å². The number of hydrogen-bond donors (Lipinski definition) is 1. The van der Waals surface area contributed by atoms with Crippen molar-refractivity contribution in [1.82, 2.24) is 5.16 Å². The van der Waals surface area contributed by atoms with E-state index in [0.717, 1.165) is 11.1 Å². The second-order valence-electron chi connectivity index (χ2n) is 5.54. The monoisotopic (exact) mass is 367 g/mol. The van der Waals surface area contributed by atoms with Crippen LogP contribution in [0.25, 0.3) is 11.3 Å². The molecule has 0 radical (unpaired) electrons. The number of carbonyl (C=O) groups is 1. The number of benzene rings is 2. The van der Waals surface area contributed by atoms with Crippen molar-refractivity contribution in [3.8, 4) is 23.1 Å². The summed E-state index contributed by atoms with van der Waals surface area (Å²) in [5, 5.41) is 15.6. The van der Waals surface area contributed by atoms with E-state index in [4.69, 9.17) is 26.1 Å². The minimum absolute atomic E-state index is 0.222. The molecule has 0 bridgehead atoms. The molecule has 0 fully saturated rings. The van der Waals surface area contributed by atoms with Gasteiger partial charge in [0.1, 0.15) is 11.4 Å². The largest absolute Gasteiger partial charge is 0.482 e. The van der Waals surface area contributed by atoms with Gasteiger partial charge in [0, 0.05) is 11.6 Å². The van der Waals surface area contributed by atoms with Gasteiger partial charge >= 0.3 is 0 Å². The van der Waals surface area contributed by atoms with Gasteiger partial charge in [-0.2, -0.15) is 5.26 Å². The van der Waals surface area contributed by atoms with Crippen molar-refractivity contribution in [2.24, 2.45) is 0 Å². The van der Waals surface area contributed by atoms with Gasteiger partial charge in [0.15, 0.2) is 6.61 Å². The quantitative estimate of drug-likeness (QED) is 0.730. The molecular weight excluding hydrogens is 354 g/mol. The Hall–Kier alpha value is -3.30. The Morgan fingerprint density at radius 1 is 1.27 bits per heavy atom. The van der Waals surface area contributed by atoms with E-state index in [1.54, 1.807) is 12.1 Å². The van der Waals surface area contributed by atoms with Crippen LogP contribution in [0.5, 0.6) is 5.75 Å². The fraction of sp³-hybridized carbons (Fsp3) is 0.105. The summed E-state index contributed by atoms with van der Waals surface area (Å²) in [4.78, 5) is 12.0. The second-order valence-corrected chi connectivity index (χ2v) is 5.94. The van der Waals surface area contributed by atoms with Crippen LogP contribution in [-0.2, 0) is 4.79 Å². The lowest BCUT2D eigenvalue weighted by Crippen LogP contribution is -2.19. The van der Waals surface area contributed by atoms with Crippen LogP contribution in [0.1, 0.15) is 11.1 Å². The molecule has 1 N–H and O–H groups in total. The summed E-state index contributed by atoms with van der Waals surface area (Å²) in [6, 6.07) is 16.0. The lowest BCUT2D eigenvalue weighted by Gasteiger charge is -2.07. The number of nitriles is 1. The molecule has 7 heteroatoms. The summed E-state index contributed by atoms with van der Waals surface area (Å²) in [7, 11) is 0. The molecule has 0 spiro atoms. The van der Waals surface area contributed by atoms with E-state index in [2.05, 4.69) is 10.5 Å². The molecule has 26 heavy (non-hydrogen) atoms. The van der Waals surface area contributed by atoms with Crippen LogP contribution >= 0.6 is 11.6 Å². The first-order chi connectivity index (χ1) is 12.5. The number of anilines is 1. The predicted molar refractivity (Wildman–Crippen MR) is 97.0 cm³/mol. The van der Waals surface area contributed by atoms with Gasteiger partial charge in [0.25, 0.3) is 5.91 Å². The number of nitrogens with one attached hydrogen (secondary N) is 1. The predicted octanol–water partition coefficient (Wildman–Crippen LogP) is 4.19. The molecule has 1 aromatic heterocycles. The molecule has 130 valence electrons. The van der Waals surface area contributed by atoms with Gasteiger partial charge in [-0.15, -0.1) is 0 Å². The molecule has 0 unspecified atom stereocenters. The molecular formula is C19H14ClN3O3. The van der Waals surface area contributed by atoms with Gasteiger partial charge in [-0.05, 0) is 25.1 Å². The van der Waals surface area contributed by atoms with Gasteiger partial charge in [-0.1, -0.05) is 46.6 Å². The second kappa shape index (κ2) is 7.72. The SMILES string of the molecule is Cc1ccc(-c2cc(NC(=O)COc3ccc(C#N)cc3Cl)on2)cc1. The van der Waals surface area contributed by atoms with E-state index in [1.807, 2.05) is 37.3 Å². The van der Waals surface area contributed by atoms with Crippen LogP contribution in [0.4, 0.5) is 5.88 Å². The van der Waals surface area contributed by atoms with Crippen LogP contribution in [0.3, 0.4) is 0 Å². The van der Waals surface area contributed by atoms with E-state index < -0.39 is 5.91 Å². The summed E-state index contributed by atoms with van der Waals surface area (Å²) in [6.45, 7) is 1.74. The summed E-state index contributed by atoms with van der Waals surface area (Å²) >= 11 is 6.00. The third-order valence-corrected chi connectivity index (χ3v) is 3.84. The van der Waals surface area contributed by atoms with Crippen molar-refractivity contribution in [3.05, 3.63) is 64.7 Å². The Bertz CT molecular complexity index is 974. The Kier molecular flexibility index (Phi) is 5.20. The third-order valence-electron chi connectivity index (χ3n) is 3.54. The lowest BCUT2D eigenvalue weighted by molar-refractivity contribution is -0.118. The average molecular weight is 368 g/mol. The summed E-state index contributed by atoms with van der Waals surface area (Å²) in [6.07, 6.45) is 0. The Morgan fingerprint density at radius 2 is 2.04 bits per heavy atom. The minimum atomic E-state index is -0.419. The molecule has 2 aromatic carbocycles. The Morgan fingerprint density at radius 3 is 2.73 bits per heavy atom. The zero-order chi connectivity index (χ0) is 18.5. The topological polar surface area (TPSA) is 88.1 Å². The fourth-order valence-corrected chi connectivity index (χ4v) is 2.43. The molecule has 0 aliphatic heterocycles. The van der Waals surface area contributed by atoms with Crippen LogP contribution < -0.4 is 10.1 Å². The van der Waals surface area contributed by atoms with Crippen molar-refractivity contribution in [3.63, 3.8) is 0 Å². The van der Waals surface area contributed by atoms with Crippen molar-refractivity contribution in [1.29, 1.82) is 5.26 Å². The van der Waals surface area contributed by atoms with E-state index in [9.17, 15) is 4.79 Å². The first kappa shape index (κ1) is 17.5. The maximum atomic E-state index is 12.0. The fourth-order valence-electron chi connectivity index (χ4n) is 2.20. The number of halogens is 1. The number of carbonyl (C=O) groups excluding carboxylic acids is 1. The highest BCUT2D eigenvalue weighted by atomic mass is 35.5. The number of rotatable bonds is 5. The molecule has 3 aromatic rings. The number of amides is 1. The van der Waals surface area contributed by atoms with Crippen molar-refractivity contribution >= 4 is 23.4 Å².